The molecular formula is C8H12N6. The number of nitrogens with two attached hydrogens (primary N) is 1. The van der Waals surface area contributed by atoms with Crippen molar-refractivity contribution in [1.82, 2.24) is 19.7 Å². The first kappa shape index (κ1) is 8.61. The first-order valence-corrected chi connectivity index (χ1v) is 4.28. The van der Waals surface area contributed by atoms with Crippen molar-refractivity contribution in [2.75, 3.05) is 11.1 Å². The molecule has 6 heteroatoms. The molecular weight excluding hydrogens is 180 g/mol. The fraction of sp³-hybridized carbons (Fsp3) is 0.250. The van der Waals surface area contributed by atoms with Gasteiger partial charge in [0.25, 0.3) is 0 Å². The topological polar surface area (TPSA) is 84.6 Å². The molecule has 0 spiro atoms. The molecule has 2 aromatic heterocycles. The van der Waals surface area contributed by atoms with Gasteiger partial charge in [0.1, 0.15) is 0 Å². The Morgan fingerprint density at radius 3 is 3.00 bits per heavy atom. The van der Waals surface area contributed by atoms with Crippen LogP contribution in [-0.2, 0) is 13.6 Å². The van der Waals surface area contributed by atoms with Gasteiger partial charge in [-0.05, 0) is 11.6 Å². The molecule has 74 valence electrons. The van der Waals surface area contributed by atoms with Gasteiger partial charge in [-0.25, -0.2) is 0 Å². The van der Waals surface area contributed by atoms with Crippen LogP contribution in [0.3, 0.4) is 0 Å². The summed E-state index contributed by atoms with van der Waals surface area (Å²) in [7, 11) is 1.81. The van der Waals surface area contributed by atoms with E-state index in [2.05, 4.69) is 20.5 Å². The van der Waals surface area contributed by atoms with Crippen molar-refractivity contribution >= 4 is 11.9 Å². The molecule has 0 aliphatic rings. The maximum Gasteiger partial charge on any atom is 0.226 e. The molecule has 6 nitrogen and oxygen atoms in total. The van der Waals surface area contributed by atoms with E-state index in [0.29, 0.717) is 18.4 Å². The van der Waals surface area contributed by atoms with E-state index in [4.69, 9.17) is 5.73 Å². The van der Waals surface area contributed by atoms with Crippen molar-refractivity contribution in [3.8, 4) is 0 Å². The lowest BCUT2D eigenvalue weighted by Gasteiger charge is -2.03. The van der Waals surface area contributed by atoms with Crippen LogP contribution in [0.1, 0.15) is 5.56 Å². The van der Waals surface area contributed by atoms with Crippen molar-refractivity contribution < 1.29 is 0 Å². The Morgan fingerprint density at radius 2 is 2.43 bits per heavy atom. The highest BCUT2D eigenvalue weighted by Gasteiger charge is 2.03. The quantitative estimate of drug-likeness (QED) is 0.654. The zero-order chi connectivity index (χ0) is 9.97. The van der Waals surface area contributed by atoms with Gasteiger partial charge in [-0.1, -0.05) is 0 Å². The van der Waals surface area contributed by atoms with Crippen LogP contribution < -0.4 is 11.1 Å². The smallest absolute Gasteiger partial charge is 0.226 e. The molecule has 0 unspecified atom stereocenters. The lowest BCUT2D eigenvalue weighted by atomic mass is 10.3. The third-order valence-corrected chi connectivity index (χ3v) is 2.02. The lowest BCUT2D eigenvalue weighted by molar-refractivity contribution is 0.910. The van der Waals surface area contributed by atoms with Crippen LogP contribution in [-0.4, -0.2) is 19.7 Å². The monoisotopic (exact) mass is 192 g/mol. The summed E-state index contributed by atoms with van der Waals surface area (Å²) in [6.07, 6.45) is 3.80. The maximum absolute atomic E-state index is 5.53. The summed E-state index contributed by atoms with van der Waals surface area (Å²) in [5, 5.41) is 10.7. The fourth-order valence-corrected chi connectivity index (χ4v) is 1.14. The molecule has 14 heavy (non-hydrogen) atoms. The van der Waals surface area contributed by atoms with Crippen molar-refractivity contribution in [2.45, 2.75) is 6.54 Å². The van der Waals surface area contributed by atoms with Crippen LogP contribution >= 0.6 is 0 Å². The predicted molar refractivity (Wildman–Crippen MR) is 53.5 cm³/mol. The Kier molecular flexibility index (Phi) is 2.10. The molecule has 0 radical (unpaired) electrons. The van der Waals surface area contributed by atoms with Crippen molar-refractivity contribution in [3.05, 3.63) is 24.0 Å². The Hall–Kier alpha value is -1.98. The third kappa shape index (κ3) is 1.54. The standard InChI is InChI=1S/C8H12N6/c1-14-7(9)12-13-8(14)11-5-6-2-3-10-4-6/h2-4,10H,5H2,1H3,(H2,9,12)(H,11,13). The third-order valence-electron chi connectivity index (χ3n) is 2.02. The number of aromatic nitrogens is 4. The molecule has 0 saturated carbocycles. The van der Waals surface area contributed by atoms with Gasteiger partial charge in [-0.2, -0.15) is 0 Å². The van der Waals surface area contributed by atoms with Gasteiger partial charge in [0.15, 0.2) is 0 Å². The zero-order valence-corrected chi connectivity index (χ0v) is 7.86. The van der Waals surface area contributed by atoms with Crippen molar-refractivity contribution in [3.63, 3.8) is 0 Å². The maximum atomic E-state index is 5.53. The van der Waals surface area contributed by atoms with Crippen LogP contribution in [0, 0.1) is 0 Å². The van der Waals surface area contributed by atoms with Gasteiger partial charge >= 0.3 is 0 Å². The van der Waals surface area contributed by atoms with E-state index in [1.807, 2.05) is 25.5 Å². The molecule has 0 atom stereocenters. The highest BCUT2D eigenvalue weighted by atomic mass is 15.4. The van der Waals surface area contributed by atoms with Crippen molar-refractivity contribution in [2.24, 2.45) is 7.05 Å². The Balaban J connectivity index is 2.02. The van der Waals surface area contributed by atoms with Crippen LogP contribution in [0.15, 0.2) is 18.5 Å². The Morgan fingerprint density at radius 1 is 1.57 bits per heavy atom. The first-order valence-electron chi connectivity index (χ1n) is 4.28. The summed E-state index contributed by atoms with van der Waals surface area (Å²) in [6.45, 7) is 0.704. The normalized spacial score (nSPS) is 10.4. The van der Waals surface area contributed by atoms with Gasteiger partial charge < -0.3 is 16.0 Å². The number of rotatable bonds is 3. The van der Waals surface area contributed by atoms with Crippen LogP contribution in [0.25, 0.3) is 0 Å². The van der Waals surface area contributed by atoms with Gasteiger partial charge in [-0.3, -0.25) is 4.57 Å². The molecule has 0 amide bonds. The fourth-order valence-electron chi connectivity index (χ4n) is 1.14. The van der Waals surface area contributed by atoms with E-state index < -0.39 is 0 Å². The van der Waals surface area contributed by atoms with Crippen LogP contribution in [0.4, 0.5) is 11.9 Å². The van der Waals surface area contributed by atoms with E-state index in [0.717, 1.165) is 5.56 Å². The minimum atomic E-state index is 0.404. The number of nitrogen functional groups attached to an aromatic ring is 1. The summed E-state index contributed by atoms with van der Waals surface area (Å²) in [4.78, 5) is 2.98. The number of hydrogen-bond acceptors (Lipinski definition) is 4. The van der Waals surface area contributed by atoms with Gasteiger partial charge in [-0.15, -0.1) is 10.2 Å². The van der Waals surface area contributed by atoms with E-state index in [-0.39, 0.29) is 0 Å². The second-order valence-corrected chi connectivity index (χ2v) is 3.01. The molecule has 2 heterocycles. The Bertz CT molecular complexity index is 401. The van der Waals surface area contributed by atoms with Crippen LogP contribution in [0.5, 0.6) is 0 Å². The predicted octanol–water partition coefficient (Wildman–Crippen LogP) is 0.337. The highest BCUT2D eigenvalue weighted by Crippen LogP contribution is 2.07. The largest absolute Gasteiger partial charge is 0.368 e. The van der Waals surface area contributed by atoms with Gasteiger partial charge in [0, 0.05) is 26.0 Å². The molecule has 0 saturated heterocycles. The van der Waals surface area contributed by atoms with E-state index in [1.165, 1.54) is 0 Å². The number of hydrogen-bond donors (Lipinski definition) is 3. The lowest BCUT2D eigenvalue weighted by Crippen LogP contribution is -2.05. The molecule has 4 N–H and O–H groups in total. The van der Waals surface area contributed by atoms with E-state index in [1.54, 1.807) is 4.57 Å². The molecule has 2 rings (SSSR count). The second kappa shape index (κ2) is 3.41. The number of nitrogens with zero attached hydrogens (tertiary/aromatic N) is 3. The van der Waals surface area contributed by atoms with Crippen LogP contribution in [0.2, 0.25) is 0 Å². The molecule has 0 aliphatic carbocycles. The zero-order valence-electron chi connectivity index (χ0n) is 7.86. The summed E-state index contributed by atoms with van der Waals surface area (Å²) in [5.41, 5.74) is 6.69. The minimum absolute atomic E-state index is 0.404. The number of nitrogens with one attached hydrogen (secondary N) is 2. The molecule has 0 aromatic carbocycles. The molecule has 0 aliphatic heterocycles. The molecule has 2 aromatic rings. The van der Waals surface area contributed by atoms with E-state index in [9.17, 15) is 0 Å². The summed E-state index contributed by atoms with van der Waals surface area (Å²) >= 11 is 0. The number of anilines is 2. The average molecular weight is 192 g/mol. The first-order chi connectivity index (χ1) is 6.77. The Labute approximate surface area is 81.1 Å². The minimum Gasteiger partial charge on any atom is -0.368 e. The number of H-pyrrole nitrogens is 1. The SMILES string of the molecule is Cn1c(N)nnc1NCc1cc[nH]c1. The molecule has 0 bridgehead atoms. The van der Waals surface area contributed by atoms with Crippen molar-refractivity contribution in [1.29, 1.82) is 0 Å². The van der Waals surface area contributed by atoms with E-state index >= 15 is 0 Å². The summed E-state index contributed by atoms with van der Waals surface area (Å²) < 4.78 is 1.70. The second-order valence-electron chi connectivity index (χ2n) is 3.01. The number of aromatic amines is 1. The average Bonchev–Trinajstić information content (AvgIpc) is 2.77. The molecule has 0 fully saturated rings. The van der Waals surface area contributed by atoms with Gasteiger partial charge in [0.2, 0.25) is 11.9 Å². The summed E-state index contributed by atoms with van der Waals surface area (Å²) in [5.74, 6) is 1.07. The summed E-state index contributed by atoms with van der Waals surface area (Å²) in [6, 6.07) is 1.99. The highest BCUT2D eigenvalue weighted by molar-refractivity contribution is 5.33. The van der Waals surface area contributed by atoms with Gasteiger partial charge in [0.05, 0.1) is 0 Å².